The van der Waals surface area contributed by atoms with Crippen LogP contribution < -0.4 is 0 Å². The third kappa shape index (κ3) is 7.03. The van der Waals surface area contributed by atoms with Crippen LogP contribution >= 0.6 is 0 Å². The van der Waals surface area contributed by atoms with Gasteiger partial charge in [-0.1, -0.05) is 53.7 Å². The van der Waals surface area contributed by atoms with Crippen molar-refractivity contribution in [2.45, 2.75) is 30.1 Å². The summed E-state index contributed by atoms with van der Waals surface area (Å²) in [6.07, 6.45) is -9.15. The van der Waals surface area contributed by atoms with Crippen LogP contribution in [0.2, 0.25) is 0 Å². The Hall–Kier alpha value is -3.71. The number of hydrogen-bond donors (Lipinski definition) is 0. The predicted molar refractivity (Wildman–Crippen MR) is 129 cm³/mol. The number of benzene rings is 3. The topological polar surface area (TPSA) is 76.3 Å². The smallest absolute Gasteiger partial charge is 0.339 e. The first-order valence-corrected chi connectivity index (χ1v) is 13.0. The molecule has 0 atom stereocenters. The van der Waals surface area contributed by atoms with Crippen LogP contribution in [-0.2, 0) is 35.2 Å². The molecule has 0 radical (unpaired) electrons. The highest BCUT2D eigenvalue weighted by Gasteiger charge is 2.33. The standard InChI is InChI=1S/C26H21F6N3O3S/c27-25(28,29)20-9-4-8-19(16-20)24-33-23(38-34-24)13-15-35(14-12-18-6-2-1-3-7-18)39(36,37)22-11-5-10-21(17-22)26(30,31)32/h1-11,16-17H,12-15H2. The molecular formula is C26H21F6N3O3S. The molecule has 0 unspecified atom stereocenters. The first-order chi connectivity index (χ1) is 18.3. The van der Waals surface area contributed by atoms with E-state index in [0.717, 1.165) is 40.2 Å². The highest BCUT2D eigenvalue weighted by atomic mass is 32.2. The summed E-state index contributed by atoms with van der Waals surface area (Å²) in [7, 11) is -4.37. The minimum atomic E-state index is -4.73. The maximum absolute atomic E-state index is 13.4. The molecule has 0 bridgehead atoms. The second-order valence-electron chi connectivity index (χ2n) is 8.51. The summed E-state index contributed by atoms with van der Waals surface area (Å²) in [5.41, 5.74) is -1.14. The van der Waals surface area contributed by atoms with E-state index in [9.17, 15) is 34.8 Å². The first kappa shape index (κ1) is 28.3. The summed E-state index contributed by atoms with van der Waals surface area (Å²) in [5, 5.41) is 3.69. The fourth-order valence-electron chi connectivity index (χ4n) is 3.76. The molecule has 1 aromatic heterocycles. The molecule has 39 heavy (non-hydrogen) atoms. The van der Waals surface area contributed by atoms with E-state index in [1.54, 1.807) is 30.3 Å². The van der Waals surface area contributed by atoms with Crippen molar-refractivity contribution in [3.63, 3.8) is 0 Å². The van der Waals surface area contributed by atoms with Crippen LogP contribution in [0.25, 0.3) is 11.4 Å². The molecule has 0 aliphatic heterocycles. The van der Waals surface area contributed by atoms with E-state index in [0.29, 0.717) is 6.07 Å². The molecule has 0 saturated carbocycles. The van der Waals surface area contributed by atoms with Gasteiger partial charge in [-0.2, -0.15) is 35.6 Å². The zero-order valence-corrected chi connectivity index (χ0v) is 20.9. The maximum atomic E-state index is 13.4. The average Bonchev–Trinajstić information content (AvgIpc) is 3.37. The van der Waals surface area contributed by atoms with Crippen LogP contribution in [0.3, 0.4) is 0 Å². The van der Waals surface area contributed by atoms with Gasteiger partial charge in [0.1, 0.15) is 0 Å². The summed E-state index contributed by atoms with van der Waals surface area (Å²) in [5.74, 6) is -0.168. The van der Waals surface area contributed by atoms with Gasteiger partial charge in [-0.05, 0) is 42.3 Å². The molecule has 0 spiro atoms. The Morgan fingerprint density at radius 1 is 0.744 bits per heavy atom. The molecule has 1 heterocycles. The zero-order valence-electron chi connectivity index (χ0n) is 20.1. The number of rotatable bonds is 9. The molecule has 4 rings (SSSR count). The van der Waals surface area contributed by atoms with Gasteiger partial charge in [-0.15, -0.1) is 0 Å². The normalized spacial score (nSPS) is 12.7. The van der Waals surface area contributed by atoms with E-state index in [2.05, 4.69) is 10.1 Å². The fraction of sp³-hybridized carbons (Fsp3) is 0.231. The Morgan fingerprint density at radius 3 is 2.03 bits per heavy atom. The van der Waals surface area contributed by atoms with Gasteiger partial charge in [-0.25, -0.2) is 8.42 Å². The van der Waals surface area contributed by atoms with E-state index < -0.39 is 38.4 Å². The third-order valence-corrected chi connectivity index (χ3v) is 7.68. The van der Waals surface area contributed by atoms with Gasteiger partial charge >= 0.3 is 12.4 Å². The van der Waals surface area contributed by atoms with Crippen molar-refractivity contribution in [1.29, 1.82) is 0 Å². The van der Waals surface area contributed by atoms with Crippen molar-refractivity contribution >= 4 is 10.0 Å². The minimum absolute atomic E-state index is 0.0497. The summed E-state index contributed by atoms with van der Waals surface area (Å²) in [4.78, 5) is 3.55. The van der Waals surface area contributed by atoms with Crippen LogP contribution in [0.5, 0.6) is 0 Å². The van der Waals surface area contributed by atoms with Crippen LogP contribution in [-0.4, -0.2) is 36.0 Å². The molecular weight excluding hydrogens is 548 g/mol. The molecule has 206 valence electrons. The van der Waals surface area contributed by atoms with Crippen LogP contribution in [0, 0.1) is 0 Å². The molecule has 0 aliphatic rings. The molecule has 3 aromatic carbocycles. The van der Waals surface area contributed by atoms with Gasteiger partial charge in [0.15, 0.2) is 0 Å². The summed E-state index contributed by atoms with van der Waals surface area (Å²) in [6, 6.07) is 16.7. The second-order valence-corrected chi connectivity index (χ2v) is 10.4. The fourth-order valence-corrected chi connectivity index (χ4v) is 5.25. The average molecular weight is 570 g/mol. The van der Waals surface area contributed by atoms with Crippen molar-refractivity contribution in [3.8, 4) is 11.4 Å². The number of hydrogen-bond acceptors (Lipinski definition) is 5. The number of nitrogens with zero attached hydrogens (tertiary/aromatic N) is 3. The Labute approximate surface area is 219 Å². The second kappa shape index (κ2) is 11.2. The van der Waals surface area contributed by atoms with Crippen LogP contribution in [0.15, 0.2) is 88.3 Å². The van der Waals surface area contributed by atoms with Gasteiger partial charge in [0.2, 0.25) is 21.7 Å². The summed E-state index contributed by atoms with van der Waals surface area (Å²) in [6.45, 7) is -0.285. The molecule has 6 nitrogen and oxygen atoms in total. The molecule has 0 fully saturated rings. The Bertz CT molecular complexity index is 1520. The predicted octanol–water partition coefficient (Wildman–Crippen LogP) is 6.25. The quantitative estimate of drug-likeness (QED) is 0.223. The summed E-state index contributed by atoms with van der Waals surface area (Å²) >= 11 is 0. The maximum Gasteiger partial charge on any atom is 0.416 e. The van der Waals surface area contributed by atoms with Gasteiger partial charge < -0.3 is 4.52 Å². The largest absolute Gasteiger partial charge is 0.416 e. The number of alkyl halides is 6. The van der Waals surface area contributed by atoms with Gasteiger partial charge in [-0.3, -0.25) is 0 Å². The molecule has 0 amide bonds. The van der Waals surface area contributed by atoms with E-state index in [1.807, 2.05) is 0 Å². The Kier molecular flexibility index (Phi) is 8.12. The van der Waals surface area contributed by atoms with Crippen molar-refractivity contribution < 1.29 is 39.3 Å². The molecule has 0 N–H and O–H groups in total. The molecule has 0 saturated heterocycles. The lowest BCUT2D eigenvalue weighted by molar-refractivity contribution is -0.138. The van der Waals surface area contributed by atoms with Crippen LogP contribution in [0.1, 0.15) is 22.6 Å². The van der Waals surface area contributed by atoms with Crippen molar-refractivity contribution in [2.75, 3.05) is 13.1 Å². The lowest BCUT2D eigenvalue weighted by atomic mass is 10.1. The molecule has 4 aromatic rings. The van der Waals surface area contributed by atoms with Crippen molar-refractivity contribution in [3.05, 3.63) is 101 Å². The van der Waals surface area contributed by atoms with Crippen molar-refractivity contribution in [2.24, 2.45) is 0 Å². The van der Waals surface area contributed by atoms with E-state index in [4.69, 9.17) is 4.52 Å². The lowest BCUT2D eigenvalue weighted by Crippen LogP contribution is -2.35. The molecule has 13 heteroatoms. The van der Waals surface area contributed by atoms with E-state index in [1.165, 1.54) is 12.1 Å². The Morgan fingerprint density at radius 2 is 1.36 bits per heavy atom. The molecule has 0 aliphatic carbocycles. The number of sulfonamides is 1. The van der Waals surface area contributed by atoms with Gasteiger partial charge in [0.25, 0.3) is 0 Å². The number of aromatic nitrogens is 2. The SMILES string of the molecule is O=S(=O)(c1cccc(C(F)(F)F)c1)N(CCc1ccccc1)CCc1nc(-c2cccc(C(F)(F)F)c2)no1. The van der Waals surface area contributed by atoms with Crippen LogP contribution in [0.4, 0.5) is 26.3 Å². The third-order valence-electron chi connectivity index (χ3n) is 5.78. The monoisotopic (exact) mass is 569 g/mol. The zero-order chi connectivity index (χ0) is 28.3. The van der Waals surface area contributed by atoms with Crippen molar-refractivity contribution in [1.82, 2.24) is 14.4 Å². The highest BCUT2D eigenvalue weighted by molar-refractivity contribution is 7.89. The number of halogens is 6. The van der Waals surface area contributed by atoms with E-state index >= 15 is 0 Å². The Balaban J connectivity index is 1.57. The van der Waals surface area contributed by atoms with Gasteiger partial charge in [0.05, 0.1) is 16.0 Å². The lowest BCUT2D eigenvalue weighted by Gasteiger charge is -2.22. The highest BCUT2D eigenvalue weighted by Crippen LogP contribution is 2.32. The summed E-state index contributed by atoms with van der Waals surface area (Å²) < 4.78 is 112. The van der Waals surface area contributed by atoms with E-state index in [-0.39, 0.29) is 43.2 Å². The minimum Gasteiger partial charge on any atom is -0.339 e. The van der Waals surface area contributed by atoms with Gasteiger partial charge in [0, 0.05) is 25.1 Å². The first-order valence-electron chi connectivity index (χ1n) is 11.6.